The van der Waals surface area contributed by atoms with Crippen LogP contribution < -0.4 is 0 Å². The van der Waals surface area contributed by atoms with Gasteiger partial charge in [0.25, 0.3) is 0 Å². The smallest absolute Gasteiger partial charge is 0.0551 e. The van der Waals surface area contributed by atoms with E-state index < -0.39 is 0 Å². The van der Waals surface area contributed by atoms with Gasteiger partial charge in [-0.25, -0.2) is 0 Å². The van der Waals surface area contributed by atoms with Gasteiger partial charge in [0.1, 0.15) is 0 Å². The Labute approximate surface area is 100 Å². The lowest BCUT2D eigenvalue weighted by Gasteiger charge is -1.97. The van der Waals surface area contributed by atoms with Gasteiger partial charge in [0.2, 0.25) is 0 Å². The van der Waals surface area contributed by atoms with Gasteiger partial charge in [0.05, 0.1) is 5.52 Å². The van der Waals surface area contributed by atoms with Gasteiger partial charge >= 0.3 is 0 Å². The van der Waals surface area contributed by atoms with Gasteiger partial charge in [-0.05, 0) is 17.9 Å². The molecular weight excluding hydrogens is 225 g/mol. The minimum atomic E-state index is 1.22. The summed E-state index contributed by atoms with van der Waals surface area (Å²) in [5, 5.41) is 5.39. The van der Waals surface area contributed by atoms with Crippen LogP contribution in [0.3, 0.4) is 0 Å². The van der Waals surface area contributed by atoms with Crippen molar-refractivity contribution in [3.63, 3.8) is 0 Å². The molecular formula is C15H10NP. The van der Waals surface area contributed by atoms with Crippen molar-refractivity contribution in [3.05, 3.63) is 54.3 Å². The summed E-state index contributed by atoms with van der Waals surface area (Å²) in [7, 11) is 1.29. The summed E-state index contributed by atoms with van der Waals surface area (Å²) in [4.78, 5) is 3.54. The number of aromatic amines is 1. The lowest BCUT2D eigenvalue weighted by molar-refractivity contribution is 1.57. The Morgan fingerprint density at radius 2 is 1.53 bits per heavy atom. The summed E-state index contributed by atoms with van der Waals surface area (Å²) in [6, 6.07) is 17.1. The van der Waals surface area contributed by atoms with Gasteiger partial charge in [-0.3, -0.25) is 0 Å². The maximum atomic E-state index is 3.54. The molecule has 0 radical (unpaired) electrons. The van der Waals surface area contributed by atoms with Gasteiger partial charge in [-0.1, -0.05) is 44.6 Å². The SMILES string of the molecule is c1ccc2c(c1)[nH]c1c3ccccc3pcc21. The molecule has 2 heterocycles. The van der Waals surface area contributed by atoms with Crippen LogP contribution in [0.4, 0.5) is 0 Å². The maximum absolute atomic E-state index is 3.54. The van der Waals surface area contributed by atoms with Crippen molar-refractivity contribution in [3.8, 4) is 0 Å². The largest absolute Gasteiger partial charge is 0.354 e. The Morgan fingerprint density at radius 1 is 0.765 bits per heavy atom. The Balaban J connectivity index is 2.34. The van der Waals surface area contributed by atoms with Gasteiger partial charge < -0.3 is 4.98 Å². The van der Waals surface area contributed by atoms with E-state index in [0.29, 0.717) is 0 Å². The standard InChI is InChI=1S/C15H10NP/c1-3-7-13-10(5-1)12-9-17-14-8-4-2-6-11(14)15(12)16-13/h1-9,16H. The number of aromatic nitrogens is 1. The van der Waals surface area contributed by atoms with Gasteiger partial charge in [-0.2, -0.15) is 0 Å². The van der Waals surface area contributed by atoms with Crippen LogP contribution in [0.1, 0.15) is 0 Å². The minimum Gasteiger partial charge on any atom is -0.354 e. The molecule has 1 nitrogen and oxygen atoms in total. The zero-order valence-corrected chi connectivity index (χ0v) is 10.0. The second kappa shape index (κ2) is 3.32. The van der Waals surface area contributed by atoms with E-state index in [-0.39, 0.29) is 0 Å². The maximum Gasteiger partial charge on any atom is 0.0551 e. The molecule has 2 aromatic heterocycles. The monoisotopic (exact) mass is 235 g/mol. The second-order valence-electron chi connectivity index (χ2n) is 4.23. The molecule has 0 aliphatic heterocycles. The van der Waals surface area contributed by atoms with Crippen molar-refractivity contribution < 1.29 is 0 Å². The average molecular weight is 235 g/mol. The summed E-state index contributed by atoms with van der Waals surface area (Å²) in [5.41, 5.74) is 2.49. The molecule has 0 unspecified atom stereocenters. The van der Waals surface area contributed by atoms with E-state index in [1.165, 1.54) is 40.5 Å². The summed E-state index contributed by atoms with van der Waals surface area (Å²) in [6.45, 7) is 0. The van der Waals surface area contributed by atoms with Crippen LogP contribution in [-0.4, -0.2) is 4.98 Å². The quantitative estimate of drug-likeness (QED) is 0.438. The predicted octanol–water partition coefficient (Wildman–Crippen LogP) is 5.05. The van der Waals surface area contributed by atoms with Gasteiger partial charge in [0, 0.05) is 26.8 Å². The third-order valence-corrected chi connectivity index (χ3v) is 4.31. The molecule has 0 bridgehead atoms. The number of hydrogen-bond acceptors (Lipinski definition) is 0. The topological polar surface area (TPSA) is 15.8 Å². The Hall–Kier alpha value is -1.85. The lowest BCUT2D eigenvalue weighted by Crippen LogP contribution is -1.70. The molecule has 0 amide bonds. The highest BCUT2D eigenvalue weighted by Crippen LogP contribution is 2.35. The van der Waals surface area contributed by atoms with Crippen molar-refractivity contribution in [1.29, 1.82) is 0 Å². The summed E-state index contributed by atoms with van der Waals surface area (Å²) in [6.07, 6.45) is 0. The fourth-order valence-corrected chi connectivity index (χ4v) is 3.48. The molecule has 4 rings (SSSR count). The fourth-order valence-electron chi connectivity index (χ4n) is 2.44. The average Bonchev–Trinajstić information content (AvgIpc) is 2.78. The van der Waals surface area contributed by atoms with E-state index in [0.717, 1.165) is 0 Å². The first-order valence-electron chi connectivity index (χ1n) is 5.68. The molecule has 80 valence electrons. The van der Waals surface area contributed by atoms with Crippen molar-refractivity contribution >= 4 is 40.5 Å². The molecule has 0 saturated heterocycles. The highest BCUT2D eigenvalue weighted by molar-refractivity contribution is 7.36. The number of benzene rings is 2. The number of rotatable bonds is 0. The van der Waals surface area contributed by atoms with Crippen LogP contribution in [0, 0.1) is 0 Å². The fraction of sp³-hybridized carbons (Fsp3) is 0. The second-order valence-corrected chi connectivity index (χ2v) is 5.23. The molecule has 0 aliphatic carbocycles. The van der Waals surface area contributed by atoms with E-state index in [4.69, 9.17) is 0 Å². The lowest BCUT2D eigenvalue weighted by atomic mass is 10.2. The molecule has 2 aromatic carbocycles. The first-order chi connectivity index (χ1) is 8.43. The summed E-state index contributed by atoms with van der Waals surface area (Å²) < 4.78 is 0. The number of nitrogens with one attached hydrogen (secondary N) is 1. The molecule has 0 atom stereocenters. The normalized spacial score (nSPS) is 12.0. The van der Waals surface area contributed by atoms with Crippen molar-refractivity contribution in [2.24, 2.45) is 0 Å². The van der Waals surface area contributed by atoms with E-state index in [2.05, 4.69) is 59.3 Å². The van der Waals surface area contributed by atoms with Crippen LogP contribution in [0.25, 0.3) is 32.3 Å². The summed E-state index contributed by atoms with van der Waals surface area (Å²) >= 11 is 0. The Morgan fingerprint density at radius 3 is 2.47 bits per heavy atom. The van der Waals surface area contributed by atoms with Crippen LogP contribution in [0.5, 0.6) is 0 Å². The van der Waals surface area contributed by atoms with Gasteiger partial charge in [-0.15, -0.1) is 0 Å². The molecule has 2 heteroatoms. The number of fused-ring (bicyclic) bond motifs is 5. The molecule has 0 saturated carbocycles. The highest BCUT2D eigenvalue weighted by Gasteiger charge is 2.06. The molecule has 0 spiro atoms. The number of para-hydroxylation sites is 1. The third kappa shape index (κ3) is 1.23. The van der Waals surface area contributed by atoms with E-state index in [1.807, 2.05) is 0 Å². The zero-order valence-electron chi connectivity index (χ0n) is 9.14. The molecule has 1 N–H and O–H groups in total. The summed E-state index contributed by atoms with van der Waals surface area (Å²) in [5.74, 6) is 2.30. The first kappa shape index (κ1) is 9.21. The van der Waals surface area contributed by atoms with E-state index >= 15 is 0 Å². The Bertz CT molecular complexity index is 845. The minimum absolute atomic E-state index is 1.22. The zero-order chi connectivity index (χ0) is 11.2. The highest BCUT2D eigenvalue weighted by atomic mass is 31.0. The predicted molar refractivity (Wildman–Crippen MR) is 75.8 cm³/mol. The van der Waals surface area contributed by atoms with E-state index in [9.17, 15) is 0 Å². The Kier molecular flexibility index (Phi) is 1.80. The van der Waals surface area contributed by atoms with Crippen LogP contribution in [-0.2, 0) is 0 Å². The van der Waals surface area contributed by atoms with Crippen LogP contribution in [0.15, 0.2) is 54.3 Å². The first-order valence-corrected chi connectivity index (χ1v) is 6.64. The molecule has 0 fully saturated rings. The molecule has 17 heavy (non-hydrogen) atoms. The molecule has 4 aromatic rings. The third-order valence-electron chi connectivity index (χ3n) is 3.25. The van der Waals surface area contributed by atoms with Gasteiger partial charge in [0.15, 0.2) is 0 Å². The number of H-pyrrole nitrogens is 1. The van der Waals surface area contributed by atoms with E-state index in [1.54, 1.807) is 0 Å². The number of hydrogen-bond donors (Lipinski definition) is 1. The van der Waals surface area contributed by atoms with Crippen molar-refractivity contribution in [2.75, 3.05) is 0 Å². The van der Waals surface area contributed by atoms with Crippen LogP contribution in [0.2, 0.25) is 0 Å². The van der Waals surface area contributed by atoms with Crippen LogP contribution >= 0.6 is 8.19 Å². The van der Waals surface area contributed by atoms with Crippen molar-refractivity contribution in [2.45, 2.75) is 0 Å². The molecule has 0 aliphatic rings. The van der Waals surface area contributed by atoms with Crippen molar-refractivity contribution in [1.82, 2.24) is 4.98 Å².